The lowest BCUT2D eigenvalue weighted by Gasteiger charge is -2.19. The van der Waals surface area contributed by atoms with E-state index in [-0.39, 0.29) is 6.61 Å². The van der Waals surface area contributed by atoms with Gasteiger partial charge in [0.05, 0.1) is 28.0 Å². The van der Waals surface area contributed by atoms with Gasteiger partial charge in [0.1, 0.15) is 11.5 Å². The number of halogens is 1. The van der Waals surface area contributed by atoms with Crippen molar-refractivity contribution in [2.75, 3.05) is 31.1 Å². The van der Waals surface area contributed by atoms with Crippen molar-refractivity contribution < 1.29 is 5.11 Å². The number of nitrogens with zero attached hydrogens (tertiary/aromatic N) is 5. The van der Waals surface area contributed by atoms with Crippen LogP contribution in [-0.2, 0) is 6.42 Å². The predicted octanol–water partition coefficient (Wildman–Crippen LogP) is 3.43. The molecule has 1 unspecified atom stereocenters. The molecule has 1 aliphatic heterocycles. The maximum absolute atomic E-state index is 9.13. The molecule has 4 aromatic heterocycles. The molecular formula is C22H24ClN7OS. The topological polar surface area (TPSA) is 103 Å². The highest BCUT2D eigenvalue weighted by molar-refractivity contribution is 7.99. The van der Waals surface area contributed by atoms with E-state index in [1.165, 1.54) is 11.8 Å². The summed E-state index contributed by atoms with van der Waals surface area (Å²) in [5.41, 5.74) is 3.41. The van der Waals surface area contributed by atoms with Crippen LogP contribution in [0.1, 0.15) is 19.0 Å². The van der Waals surface area contributed by atoms with E-state index in [0.717, 1.165) is 64.4 Å². The van der Waals surface area contributed by atoms with E-state index in [1.54, 1.807) is 6.20 Å². The van der Waals surface area contributed by atoms with Crippen LogP contribution in [0.15, 0.2) is 40.6 Å². The van der Waals surface area contributed by atoms with Gasteiger partial charge in [-0.2, -0.15) is 0 Å². The Labute approximate surface area is 194 Å². The normalized spacial score (nSPS) is 16.5. The summed E-state index contributed by atoms with van der Waals surface area (Å²) in [5, 5.41) is 14.7. The number of aromatic amines is 1. The van der Waals surface area contributed by atoms with Gasteiger partial charge < -0.3 is 20.3 Å². The second kappa shape index (κ2) is 9.19. The lowest BCUT2D eigenvalue weighted by Crippen LogP contribution is -2.34. The summed E-state index contributed by atoms with van der Waals surface area (Å²) in [6.45, 7) is 4.46. The molecule has 3 N–H and O–H groups in total. The fourth-order valence-electron chi connectivity index (χ4n) is 4.07. The van der Waals surface area contributed by atoms with E-state index in [1.807, 2.05) is 24.4 Å². The molecule has 0 amide bonds. The number of aromatic nitrogens is 5. The number of pyridine rings is 2. The van der Waals surface area contributed by atoms with Crippen LogP contribution in [0.3, 0.4) is 0 Å². The molecule has 5 rings (SSSR count). The number of rotatable bonds is 7. The van der Waals surface area contributed by atoms with Crippen molar-refractivity contribution in [1.29, 1.82) is 0 Å². The number of H-pyrrole nitrogens is 1. The van der Waals surface area contributed by atoms with Crippen molar-refractivity contribution in [2.24, 2.45) is 0 Å². The van der Waals surface area contributed by atoms with Gasteiger partial charge in [0.2, 0.25) is 0 Å². The zero-order valence-corrected chi connectivity index (χ0v) is 19.2. The Morgan fingerprint density at radius 1 is 1.31 bits per heavy atom. The number of hydrogen-bond acceptors (Lipinski definition) is 8. The summed E-state index contributed by atoms with van der Waals surface area (Å²) >= 11 is 8.19. The zero-order valence-electron chi connectivity index (χ0n) is 17.7. The molecule has 1 atom stereocenters. The number of aliphatic hydroxyl groups excluding tert-OH is 1. The highest BCUT2D eigenvalue weighted by Gasteiger charge is 2.27. The Kier molecular flexibility index (Phi) is 6.14. The van der Waals surface area contributed by atoms with Crippen LogP contribution in [0.5, 0.6) is 0 Å². The van der Waals surface area contributed by atoms with Gasteiger partial charge in [0, 0.05) is 48.7 Å². The number of hydrogen-bond donors (Lipinski definition) is 3. The molecule has 1 aliphatic rings. The van der Waals surface area contributed by atoms with Gasteiger partial charge in [0.25, 0.3) is 0 Å². The van der Waals surface area contributed by atoms with Gasteiger partial charge in [-0.15, -0.1) is 0 Å². The molecule has 0 radical (unpaired) electrons. The molecule has 1 fully saturated rings. The van der Waals surface area contributed by atoms with Crippen molar-refractivity contribution in [2.45, 2.75) is 35.9 Å². The smallest absolute Gasteiger partial charge is 0.196 e. The molecule has 0 bridgehead atoms. The minimum atomic E-state index is 0.132. The molecule has 10 heteroatoms. The third kappa shape index (κ3) is 4.13. The van der Waals surface area contributed by atoms with Crippen molar-refractivity contribution in [1.82, 2.24) is 30.2 Å². The first kappa shape index (κ1) is 21.4. The highest BCUT2D eigenvalue weighted by Crippen LogP contribution is 2.37. The summed E-state index contributed by atoms with van der Waals surface area (Å²) in [6, 6.07) is 6.13. The number of aryl methyl sites for hydroxylation is 1. The molecule has 166 valence electrons. The molecule has 5 heterocycles. The number of aliphatic hydroxyl groups is 1. The second-order valence-corrected chi connectivity index (χ2v) is 9.17. The average Bonchev–Trinajstić information content (AvgIpc) is 3.41. The second-order valence-electron chi connectivity index (χ2n) is 7.75. The van der Waals surface area contributed by atoms with E-state index in [9.17, 15) is 0 Å². The summed E-state index contributed by atoms with van der Waals surface area (Å²) in [4.78, 5) is 25.2. The minimum Gasteiger partial charge on any atom is -0.395 e. The van der Waals surface area contributed by atoms with Crippen LogP contribution >= 0.6 is 23.4 Å². The van der Waals surface area contributed by atoms with Gasteiger partial charge in [0.15, 0.2) is 5.16 Å². The minimum absolute atomic E-state index is 0.132. The van der Waals surface area contributed by atoms with Crippen LogP contribution < -0.4 is 10.2 Å². The fraction of sp³-hybridized carbons (Fsp3) is 0.364. The summed E-state index contributed by atoms with van der Waals surface area (Å²) in [5.74, 6) is 0.846. The van der Waals surface area contributed by atoms with Crippen LogP contribution in [0.4, 0.5) is 5.82 Å². The maximum atomic E-state index is 9.13. The lowest BCUT2D eigenvalue weighted by atomic mass is 10.2. The van der Waals surface area contributed by atoms with Gasteiger partial charge in [-0.3, -0.25) is 9.97 Å². The molecule has 4 aromatic rings. The Morgan fingerprint density at radius 2 is 2.22 bits per heavy atom. The summed E-state index contributed by atoms with van der Waals surface area (Å²) in [6.07, 6.45) is 5.36. The van der Waals surface area contributed by atoms with Crippen LogP contribution in [0.2, 0.25) is 5.02 Å². The largest absolute Gasteiger partial charge is 0.395 e. The summed E-state index contributed by atoms with van der Waals surface area (Å²) < 4.78 is 0. The average molecular weight is 470 g/mol. The monoisotopic (exact) mass is 469 g/mol. The van der Waals surface area contributed by atoms with Crippen LogP contribution in [0, 0.1) is 0 Å². The first-order valence-electron chi connectivity index (χ1n) is 10.7. The maximum Gasteiger partial charge on any atom is 0.196 e. The highest BCUT2D eigenvalue weighted by atomic mass is 35.5. The van der Waals surface area contributed by atoms with E-state index >= 15 is 0 Å². The van der Waals surface area contributed by atoms with Gasteiger partial charge in [-0.1, -0.05) is 18.5 Å². The summed E-state index contributed by atoms with van der Waals surface area (Å²) in [7, 11) is 0. The standard InChI is InChI=1S/C22H24ClN7OS/c1-2-15-19(23)18-20(27-15)28-22(29-21(18)30-8-5-13(12-30)24-7-9-31)32-14-10-17-16(26-11-14)4-3-6-25-17/h3-4,6,10-11,13,24,31H,2,5,7-9,12H2,1H3,(H,27,28,29). The molecule has 0 saturated carbocycles. The van der Waals surface area contributed by atoms with Crippen LogP contribution in [0.25, 0.3) is 22.1 Å². The third-order valence-corrected chi connectivity index (χ3v) is 6.89. The molecule has 8 nitrogen and oxygen atoms in total. The third-order valence-electron chi connectivity index (χ3n) is 5.64. The van der Waals surface area contributed by atoms with E-state index in [4.69, 9.17) is 26.7 Å². The molecule has 0 spiro atoms. The number of fused-ring (bicyclic) bond motifs is 2. The number of anilines is 1. The Bertz CT molecular complexity index is 1260. The Balaban J connectivity index is 1.52. The quantitative estimate of drug-likeness (QED) is 0.354. The van der Waals surface area contributed by atoms with E-state index < -0.39 is 0 Å². The Hall–Kier alpha value is -2.46. The van der Waals surface area contributed by atoms with Crippen molar-refractivity contribution in [3.63, 3.8) is 0 Å². The molecule has 0 aliphatic carbocycles. The molecule has 32 heavy (non-hydrogen) atoms. The molecule has 1 saturated heterocycles. The van der Waals surface area contributed by atoms with Gasteiger partial charge >= 0.3 is 0 Å². The van der Waals surface area contributed by atoms with Crippen LogP contribution in [-0.4, -0.2) is 62.3 Å². The zero-order chi connectivity index (χ0) is 22.1. The first-order chi connectivity index (χ1) is 15.7. The Morgan fingerprint density at radius 3 is 3.06 bits per heavy atom. The number of nitrogens with one attached hydrogen (secondary N) is 2. The predicted molar refractivity (Wildman–Crippen MR) is 128 cm³/mol. The lowest BCUT2D eigenvalue weighted by molar-refractivity contribution is 0.286. The van der Waals surface area contributed by atoms with E-state index in [2.05, 4.69) is 32.1 Å². The van der Waals surface area contributed by atoms with Gasteiger partial charge in [-0.05, 0) is 42.8 Å². The van der Waals surface area contributed by atoms with Crippen molar-refractivity contribution in [3.8, 4) is 0 Å². The van der Waals surface area contributed by atoms with Gasteiger partial charge in [-0.25, -0.2) is 9.97 Å². The first-order valence-corrected chi connectivity index (χ1v) is 11.9. The fourth-order valence-corrected chi connectivity index (χ4v) is 5.18. The SMILES string of the molecule is CCc1[nH]c2nc(Sc3cnc4cccnc4c3)nc(N3CCC(NCCO)C3)c2c1Cl. The van der Waals surface area contributed by atoms with Crippen molar-refractivity contribution >= 4 is 51.2 Å². The molecular weight excluding hydrogens is 446 g/mol. The molecule has 0 aromatic carbocycles. The van der Waals surface area contributed by atoms with E-state index in [0.29, 0.717) is 22.8 Å². The van der Waals surface area contributed by atoms with Crippen molar-refractivity contribution in [3.05, 3.63) is 41.3 Å².